The van der Waals surface area contributed by atoms with Crippen LogP contribution in [0.4, 0.5) is 0 Å². The SMILES string of the molecule is Cc1ccc(OCCCC[NH+]2CC[NH2+]CC2)c(Br)c1. The molecule has 19 heavy (non-hydrogen) atoms. The Bertz CT molecular complexity index is 392. The molecule has 1 heterocycles. The summed E-state index contributed by atoms with van der Waals surface area (Å²) in [6.07, 6.45) is 2.41. The smallest absolute Gasteiger partial charge is 0.133 e. The molecule has 0 atom stereocenters. The molecule has 2 rings (SSSR count). The molecule has 3 nitrogen and oxygen atoms in total. The lowest BCUT2D eigenvalue weighted by Crippen LogP contribution is -3.20. The Balaban J connectivity index is 1.61. The lowest BCUT2D eigenvalue weighted by atomic mass is 10.2. The summed E-state index contributed by atoms with van der Waals surface area (Å²) >= 11 is 3.55. The van der Waals surface area contributed by atoms with Crippen molar-refractivity contribution in [1.29, 1.82) is 0 Å². The van der Waals surface area contributed by atoms with Crippen LogP contribution in [0.3, 0.4) is 0 Å². The third kappa shape index (κ3) is 5.13. The summed E-state index contributed by atoms with van der Waals surface area (Å²) in [6.45, 7) is 9.44. The number of benzene rings is 1. The highest BCUT2D eigenvalue weighted by atomic mass is 79.9. The Kier molecular flexibility index (Phi) is 6.14. The van der Waals surface area contributed by atoms with Crippen molar-refractivity contribution in [3.05, 3.63) is 28.2 Å². The summed E-state index contributed by atoms with van der Waals surface area (Å²) in [5, 5.41) is 2.42. The molecule has 1 aromatic carbocycles. The Morgan fingerprint density at radius 1 is 1.26 bits per heavy atom. The second kappa shape index (κ2) is 7.88. The number of quaternary nitrogens is 2. The lowest BCUT2D eigenvalue weighted by Gasteiger charge is -2.22. The molecule has 0 unspecified atom stereocenters. The molecule has 1 saturated heterocycles. The van der Waals surface area contributed by atoms with E-state index in [4.69, 9.17) is 4.74 Å². The molecule has 1 aromatic rings. The number of unbranched alkanes of at least 4 members (excludes halogenated alkanes) is 1. The van der Waals surface area contributed by atoms with Crippen molar-refractivity contribution in [2.45, 2.75) is 19.8 Å². The Hall–Kier alpha value is -0.580. The number of hydrogen-bond donors (Lipinski definition) is 2. The van der Waals surface area contributed by atoms with Crippen LogP contribution in [0.5, 0.6) is 5.75 Å². The monoisotopic (exact) mass is 328 g/mol. The van der Waals surface area contributed by atoms with Crippen molar-refractivity contribution in [1.82, 2.24) is 0 Å². The number of hydrogen-bond acceptors (Lipinski definition) is 1. The molecule has 106 valence electrons. The van der Waals surface area contributed by atoms with Crippen LogP contribution < -0.4 is 15.0 Å². The van der Waals surface area contributed by atoms with E-state index in [-0.39, 0.29) is 0 Å². The average Bonchev–Trinajstić information content (AvgIpc) is 2.42. The number of ether oxygens (including phenoxy) is 1. The minimum absolute atomic E-state index is 0.821. The van der Waals surface area contributed by atoms with E-state index in [2.05, 4.69) is 40.3 Å². The molecule has 1 aliphatic heterocycles. The van der Waals surface area contributed by atoms with E-state index >= 15 is 0 Å². The van der Waals surface area contributed by atoms with Crippen LogP contribution in [0.25, 0.3) is 0 Å². The van der Waals surface area contributed by atoms with Gasteiger partial charge in [0.1, 0.15) is 31.9 Å². The van der Waals surface area contributed by atoms with Gasteiger partial charge in [-0.25, -0.2) is 0 Å². The molecule has 4 heteroatoms. The van der Waals surface area contributed by atoms with Gasteiger partial charge in [-0.2, -0.15) is 0 Å². The number of nitrogens with two attached hydrogens (primary N) is 1. The van der Waals surface area contributed by atoms with E-state index in [1.807, 2.05) is 6.07 Å². The highest BCUT2D eigenvalue weighted by Crippen LogP contribution is 2.25. The van der Waals surface area contributed by atoms with Gasteiger partial charge >= 0.3 is 0 Å². The van der Waals surface area contributed by atoms with E-state index in [1.165, 1.54) is 44.7 Å². The molecular formula is C15H25BrN2O+2. The second-order valence-corrected chi connectivity index (χ2v) is 6.21. The first-order valence-corrected chi connectivity index (χ1v) is 8.09. The number of rotatable bonds is 6. The second-order valence-electron chi connectivity index (χ2n) is 5.36. The van der Waals surface area contributed by atoms with Crippen molar-refractivity contribution >= 4 is 15.9 Å². The predicted molar refractivity (Wildman–Crippen MR) is 80.8 cm³/mol. The van der Waals surface area contributed by atoms with Crippen LogP contribution in [-0.2, 0) is 0 Å². The molecule has 0 saturated carbocycles. The Morgan fingerprint density at radius 3 is 2.79 bits per heavy atom. The highest BCUT2D eigenvalue weighted by Gasteiger charge is 2.14. The van der Waals surface area contributed by atoms with Crippen molar-refractivity contribution in [2.75, 3.05) is 39.3 Å². The van der Waals surface area contributed by atoms with Crippen LogP contribution in [0.1, 0.15) is 18.4 Å². The van der Waals surface area contributed by atoms with Gasteiger partial charge in [0.2, 0.25) is 0 Å². The molecule has 1 fully saturated rings. The van der Waals surface area contributed by atoms with Gasteiger partial charge in [0.15, 0.2) is 0 Å². The molecule has 0 bridgehead atoms. The fourth-order valence-corrected chi connectivity index (χ4v) is 3.12. The maximum Gasteiger partial charge on any atom is 0.133 e. The first-order valence-electron chi connectivity index (χ1n) is 7.30. The average molecular weight is 329 g/mol. The van der Waals surface area contributed by atoms with Crippen molar-refractivity contribution in [3.63, 3.8) is 0 Å². The third-order valence-corrected chi connectivity index (χ3v) is 4.29. The lowest BCUT2D eigenvalue weighted by molar-refractivity contribution is -0.946. The van der Waals surface area contributed by atoms with Gasteiger partial charge in [-0.1, -0.05) is 6.07 Å². The number of aryl methyl sites for hydroxylation is 1. The summed E-state index contributed by atoms with van der Waals surface area (Å²) in [5.41, 5.74) is 1.25. The highest BCUT2D eigenvalue weighted by molar-refractivity contribution is 9.10. The zero-order valence-electron chi connectivity index (χ0n) is 11.8. The topological polar surface area (TPSA) is 30.3 Å². The summed E-state index contributed by atoms with van der Waals surface area (Å²) in [6, 6.07) is 6.24. The largest absolute Gasteiger partial charge is 0.492 e. The van der Waals surface area contributed by atoms with E-state index in [1.54, 1.807) is 4.90 Å². The zero-order valence-corrected chi connectivity index (χ0v) is 13.3. The zero-order chi connectivity index (χ0) is 13.5. The minimum Gasteiger partial charge on any atom is -0.492 e. The van der Waals surface area contributed by atoms with Gasteiger partial charge in [-0.3, -0.25) is 0 Å². The Labute approximate surface area is 124 Å². The molecule has 0 amide bonds. The first-order chi connectivity index (χ1) is 9.25. The van der Waals surface area contributed by atoms with Gasteiger partial charge in [-0.05, 0) is 53.4 Å². The predicted octanol–water partition coefficient (Wildman–Crippen LogP) is 0.378. The normalized spacial score (nSPS) is 16.5. The van der Waals surface area contributed by atoms with Gasteiger partial charge < -0.3 is 15.0 Å². The standard InChI is InChI=1S/C15H23BrN2O/c1-13-4-5-15(14(16)12-13)19-11-3-2-8-18-9-6-17-7-10-18/h4-5,12,17H,2-3,6-11H2,1H3/p+2. The molecule has 3 N–H and O–H groups in total. The fourth-order valence-electron chi connectivity index (χ4n) is 2.51. The molecular weight excluding hydrogens is 304 g/mol. The van der Waals surface area contributed by atoms with Gasteiger partial charge in [0.25, 0.3) is 0 Å². The third-order valence-electron chi connectivity index (χ3n) is 3.67. The van der Waals surface area contributed by atoms with Gasteiger partial charge in [0, 0.05) is 0 Å². The van der Waals surface area contributed by atoms with Gasteiger partial charge in [-0.15, -0.1) is 0 Å². The summed E-state index contributed by atoms with van der Waals surface area (Å²) in [7, 11) is 0. The molecule has 0 aliphatic carbocycles. The van der Waals surface area contributed by atoms with E-state index in [0.29, 0.717) is 0 Å². The molecule has 1 aliphatic rings. The first kappa shape index (κ1) is 14.8. The van der Waals surface area contributed by atoms with E-state index in [0.717, 1.165) is 23.2 Å². The maximum atomic E-state index is 5.82. The summed E-state index contributed by atoms with van der Waals surface area (Å²) in [4.78, 5) is 1.76. The number of halogens is 1. The van der Waals surface area contributed by atoms with Crippen molar-refractivity contribution in [2.24, 2.45) is 0 Å². The summed E-state index contributed by atoms with van der Waals surface area (Å²) < 4.78 is 6.88. The molecule has 0 radical (unpaired) electrons. The van der Waals surface area contributed by atoms with Crippen LogP contribution in [0.2, 0.25) is 0 Å². The molecule has 0 spiro atoms. The summed E-state index contributed by atoms with van der Waals surface area (Å²) in [5.74, 6) is 0.963. The maximum absolute atomic E-state index is 5.82. The van der Waals surface area contributed by atoms with E-state index in [9.17, 15) is 0 Å². The van der Waals surface area contributed by atoms with Crippen LogP contribution in [-0.4, -0.2) is 39.3 Å². The van der Waals surface area contributed by atoms with Gasteiger partial charge in [0.05, 0.1) is 17.6 Å². The quantitative estimate of drug-likeness (QED) is 0.726. The molecule has 0 aromatic heterocycles. The van der Waals surface area contributed by atoms with E-state index < -0.39 is 0 Å². The van der Waals surface area contributed by atoms with Crippen molar-refractivity contribution < 1.29 is 15.0 Å². The minimum atomic E-state index is 0.821. The Morgan fingerprint density at radius 2 is 2.05 bits per heavy atom. The van der Waals surface area contributed by atoms with Crippen LogP contribution >= 0.6 is 15.9 Å². The van der Waals surface area contributed by atoms with Crippen LogP contribution in [0.15, 0.2) is 22.7 Å². The van der Waals surface area contributed by atoms with Crippen LogP contribution in [0, 0.1) is 6.92 Å². The fraction of sp³-hybridized carbons (Fsp3) is 0.600. The van der Waals surface area contributed by atoms with Crippen molar-refractivity contribution in [3.8, 4) is 5.75 Å². The number of nitrogens with one attached hydrogen (secondary N) is 1. The number of piperazine rings is 1.